The summed E-state index contributed by atoms with van der Waals surface area (Å²) in [6.07, 6.45) is 1.75. The van der Waals surface area contributed by atoms with Gasteiger partial charge in [-0.05, 0) is 45.0 Å². The van der Waals surface area contributed by atoms with Crippen LogP contribution in [0.5, 0.6) is 5.75 Å². The number of aryl methyl sites for hydroxylation is 1. The van der Waals surface area contributed by atoms with E-state index in [-0.39, 0.29) is 11.9 Å². The average Bonchev–Trinajstić information content (AvgIpc) is 3.03. The molecule has 0 N–H and O–H groups in total. The predicted octanol–water partition coefficient (Wildman–Crippen LogP) is 4.13. The Morgan fingerprint density at radius 1 is 1.33 bits per heavy atom. The summed E-state index contributed by atoms with van der Waals surface area (Å²) in [5.41, 5.74) is 2.07. The number of ether oxygens (including phenoxy) is 1. The molecule has 0 aliphatic rings. The summed E-state index contributed by atoms with van der Waals surface area (Å²) in [7, 11) is 1.75. The lowest BCUT2D eigenvalue weighted by Crippen LogP contribution is -2.31. The number of hydrogen-bond acceptors (Lipinski definition) is 4. The molecule has 0 spiro atoms. The number of benzene rings is 1. The Balaban J connectivity index is 1.70. The van der Waals surface area contributed by atoms with Gasteiger partial charge in [-0.2, -0.15) is 5.10 Å². The number of nitrogens with zero attached hydrogens (tertiary/aromatic N) is 4. The molecule has 1 aromatic carbocycles. The van der Waals surface area contributed by atoms with E-state index in [4.69, 9.17) is 16.3 Å². The first-order chi connectivity index (χ1) is 12.9. The Bertz CT molecular complexity index is 968. The second kappa shape index (κ2) is 7.96. The van der Waals surface area contributed by atoms with Crippen molar-refractivity contribution in [2.45, 2.75) is 26.8 Å². The minimum Gasteiger partial charge on any atom is -0.492 e. The van der Waals surface area contributed by atoms with Crippen molar-refractivity contribution < 1.29 is 9.53 Å². The molecule has 27 heavy (non-hydrogen) atoms. The highest BCUT2D eigenvalue weighted by Gasteiger charge is 2.18. The third-order valence-electron chi connectivity index (χ3n) is 4.32. The van der Waals surface area contributed by atoms with Crippen LogP contribution in [0.25, 0.3) is 11.0 Å². The van der Waals surface area contributed by atoms with E-state index < -0.39 is 0 Å². The molecular weight excluding hydrogens is 364 g/mol. The van der Waals surface area contributed by atoms with E-state index in [9.17, 15) is 4.79 Å². The Morgan fingerprint density at radius 2 is 2.11 bits per heavy atom. The summed E-state index contributed by atoms with van der Waals surface area (Å²) < 4.78 is 7.53. The minimum absolute atomic E-state index is 0.0890. The van der Waals surface area contributed by atoms with Gasteiger partial charge in [0.25, 0.3) is 5.91 Å². The van der Waals surface area contributed by atoms with Gasteiger partial charge < -0.3 is 9.64 Å². The van der Waals surface area contributed by atoms with Gasteiger partial charge in [-0.25, -0.2) is 9.67 Å². The van der Waals surface area contributed by atoms with Crippen LogP contribution >= 0.6 is 11.6 Å². The van der Waals surface area contributed by atoms with Gasteiger partial charge in [0.15, 0.2) is 5.65 Å². The van der Waals surface area contributed by atoms with Gasteiger partial charge in [0, 0.05) is 23.5 Å². The van der Waals surface area contributed by atoms with Gasteiger partial charge in [0.2, 0.25) is 0 Å². The van der Waals surface area contributed by atoms with Gasteiger partial charge in [-0.1, -0.05) is 17.7 Å². The number of carbonyl (C=O) groups excluding carboxylic acids is 1. The number of aromatic nitrogens is 3. The Hall–Kier alpha value is -2.60. The maximum atomic E-state index is 12.8. The Kier molecular flexibility index (Phi) is 5.65. The molecule has 142 valence electrons. The number of halogens is 1. The summed E-state index contributed by atoms with van der Waals surface area (Å²) in [6.45, 7) is 6.78. The fraction of sp³-hybridized carbons (Fsp3) is 0.350. The molecule has 3 aromatic rings. The summed E-state index contributed by atoms with van der Waals surface area (Å²) in [5.74, 6) is 0.595. The van der Waals surface area contributed by atoms with E-state index in [0.717, 1.165) is 11.0 Å². The van der Waals surface area contributed by atoms with Crippen molar-refractivity contribution >= 4 is 28.5 Å². The quantitative estimate of drug-likeness (QED) is 0.639. The summed E-state index contributed by atoms with van der Waals surface area (Å²) in [6, 6.07) is 9.27. The number of fused-ring (bicyclic) bond motifs is 1. The lowest BCUT2D eigenvalue weighted by atomic mass is 10.1. The molecule has 1 amide bonds. The lowest BCUT2D eigenvalue weighted by Gasteiger charge is -2.18. The fourth-order valence-corrected chi connectivity index (χ4v) is 3.00. The monoisotopic (exact) mass is 386 g/mol. The maximum absolute atomic E-state index is 12.8. The SMILES string of the molecule is Cc1nc2c(cnn2C(C)C)cc1C(=O)N(C)CCOc1cccc(Cl)c1. The standard InChI is InChI=1S/C20H23ClN4O2/c1-13(2)25-19-15(12-22-25)10-18(14(3)23-19)20(26)24(4)8-9-27-17-7-5-6-16(21)11-17/h5-7,10-13H,8-9H2,1-4H3. The highest BCUT2D eigenvalue weighted by molar-refractivity contribution is 6.30. The van der Waals surface area contributed by atoms with Crippen molar-refractivity contribution in [3.05, 3.63) is 52.8 Å². The van der Waals surface area contributed by atoms with E-state index in [2.05, 4.69) is 23.9 Å². The largest absolute Gasteiger partial charge is 0.492 e. The number of pyridine rings is 1. The Labute approximate surface area is 163 Å². The zero-order valence-corrected chi connectivity index (χ0v) is 16.7. The second-order valence-electron chi connectivity index (χ2n) is 6.75. The molecule has 2 aromatic heterocycles. The third kappa shape index (κ3) is 4.22. The maximum Gasteiger partial charge on any atom is 0.255 e. The molecule has 2 heterocycles. The van der Waals surface area contributed by atoms with E-state index in [1.165, 1.54) is 0 Å². The summed E-state index contributed by atoms with van der Waals surface area (Å²) in [5, 5.41) is 5.85. The van der Waals surface area contributed by atoms with E-state index in [0.29, 0.717) is 35.2 Å². The summed E-state index contributed by atoms with van der Waals surface area (Å²) >= 11 is 5.94. The van der Waals surface area contributed by atoms with Crippen molar-refractivity contribution in [1.29, 1.82) is 0 Å². The molecule has 0 fully saturated rings. The van der Waals surface area contributed by atoms with Crippen molar-refractivity contribution in [2.24, 2.45) is 0 Å². The molecule has 0 saturated carbocycles. The van der Waals surface area contributed by atoms with E-state index in [1.807, 2.05) is 29.8 Å². The van der Waals surface area contributed by atoms with Crippen molar-refractivity contribution in [1.82, 2.24) is 19.7 Å². The van der Waals surface area contributed by atoms with Crippen LogP contribution in [0.3, 0.4) is 0 Å². The normalized spacial score (nSPS) is 11.2. The number of rotatable bonds is 6. The first-order valence-electron chi connectivity index (χ1n) is 8.85. The number of likely N-dealkylation sites (N-methyl/N-ethyl adjacent to an activating group) is 1. The van der Waals surface area contributed by atoms with Crippen molar-refractivity contribution in [2.75, 3.05) is 20.2 Å². The van der Waals surface area contributed by atoms with Gasteiger partial charge in [-0.3, -0.25) is 4.79 Å². The van der Waals surface area contributed by atoms with Gasteiger partial charge >= 0.3 is 0 Å². The molecule has 0 radical (unpaired) electrons. The van der Waals surface area contributed by atoms with Gasteiger partial charge in [0.05, 0.1) is 24.0 Å². The number of hydrogen-bond donors (Lipinski definition) is 0. The highest BCUT2D eigenvalue weighted by Crippen LogP contribution is 2.20. The smallest absolute Gasteiger partial charge is 0.255 e. The van der Waals surface area contributed by atoms with Crippen LogP contribution in [0, 0.1) is 6.92 Å². The number of carbonyl (C=O) groups is 1. The average molecular weight is 387 g/mol. The minimum atomic E-state index is -0.0890. The molecule has 0 aliphatic heterocycles. The molecule has 3 rings (SSSR count). The van der Waals surface area contributed by atoms with Crippen molar-refractivity contribution in [3.63, 3.8) is 0 Å². The predicted molar refractivity (Wildman–Crippen MR) is 107 cm³/mol. The molecule has 0 aliphatic carbocycles. The van der Waals surface area contributed by atoms with Crippen molar-refractivity contribution in [3.8, 4) is 5.75 Å². The van der Waals surface area contributed by atoms with Gasteiger partial charge in [-0.15, -0.1) is 0 Å². The van der Waals surface area contributed by atoms with Crippen LogP contribution in [0.1, 0.15) is 35.9 Å². The molecular formula is C20H23ClN4O2. The van der Waals surface area contributed by atoms with Crippen LogP contribution in [0.15, 0.2) is 36.5 Å². The molecule has 0 unspecified atom stereocenters. The summed E-state index contributed by atoms with van der Waals surface area (Å²) in [4.78, 5) is 19.1. The fourth-order valence-electron chi connectivity index (χ4n) is 2.82. The highest BCUT2D eigenvalue weighted by atomic mass is 35.5. The second-order valence-corrected chi connectivity index (χ2v) is 7.19. The molecule has 0 atom stereocenters. The molecule has 0 bridgehead atoms. The number of amides is 1. The zero-order chi connectivity index (χ0) is 19.6. The van der Waals surface area contributed by atoms with Crippen LogP contribution in [0.4, 0.5) is 0 Å². The van der Waals surface area contributed by atoms with Gasteiger partial charge in [0.1, 0.15) is 12.4 Å². The topological polar surface area (TPSA) is 60.2 Å². The third-order valence-corrected chi connectivity index (χ3v) is 4.55. The Morgan fingerprint density at radius 3 is 2.81 bits per heavy atom. The van der Waals surface area contributed by atoms with E-state index >= 15 is 0 Å². The van der Waals surface area contributed by atoms with Crippen LogP contribution in [-0.2, 0) is 0 Å². The van der Waals surface area contributed by atoms with Crippen LogP contribution in [0.2, 0.25) is 5.02 Å². The lowest BCUT2D eigenvalue weighted by molar-refractivity contribution is 0.0772. The van der Waals surface area contributed by atoms with Crippen LogP contribution < -0.4 is 4.74 Å². The molecule has 7 heteroatoms. The first-order valence-corrected chi connectivity index (χ1v) is 9.23. The van der Waals surface area contributed by atoms with E-state index in [1.54, 1.807) is 30.3 Å². The zero-order valence-electron chi connectivity index (χ0n) is 15.9. The molecule has 6 nitrogen and oxygen atoms in total. The van der Waals surface area contributed by atoms with Crippen LogP contribution in [-0.4, -0.2) is 45.8 Å². The first kappa shape index (κ1) is 19.2. The molecule has 0 saturated heterocycles.